The Morgan fingerprint density at radius 1 is 1.46 bits per heavy atom. The molecule has 1 N–H and O–H groups in total. The number of anilines is 1. The Labute approximate surface area is 148 Å². The topological polar surface area (TPSA) is 65.5 Å². The van der Waals surface area contributed by atoms with Gasteiger partial charge < -0.3 is 10.2 Å². The van der Waals surface area contributed by atoms with Gasteiger partial charge in [-0.1, -0.05) is 11.6 Å². The van der Waals surface area contributed by atoms with Crippen molar-refractivity contribution in [2.75, 3.05) is 32.0 Å². The van der Waals surface area contributed by atoms with Gasteiger partial charge in [0, 0.05) is 25.3 Å². The standard InChI is InChI=1S/C17H25ClN4O2/c1-12(2)21(3)11-16(23)22-8-4-5-13(10-22)17(24)20-15-7-6-14(18)9-19-15/h6-7,9,12-13H,4-5,8,10-11H2,1-3H3,(H,19,20,24). The first-order valence-electron chi connectivity index (χ1n) is 8.27. The van der Waals surface area contributed by atoms with Crippen molar-refractivity contribution in [3.05, 3.63) is 23.4 Å². The molecule has 1 aromatic rings. The van der Waals surface area contributed by atoms with Crippen molar-refractivity contribution in [3.8, 4) is 0 Å². The van der Waals surface area contributed by atoms with E-state index in [0.717, 1.165) is 12.8 Å². The molecule has 1 aliphatic heterocycles. The molecule has 1 fully saturated rings. The van der Waals surface area contributed by atoms with Gasteiger partial charge in [0.2, 0.25) is 11.8 Å². The fraction of sp³-hybridized carbons (Fsp3) is 0.588. The highest BCUT2D eigenvalue weighted by molar-refractivity contribution is 6.30. The number of hydrogen-bond acceptors (Lipinski definition) is 4. The van der Waals surface area contributed by atoms with Gasteiger partial charge in [0.1, 0.15) is 5.82 Å². The maximum absolute atomic E-state index is 12.4. The van der Waals surface area contributed by atoms with Crippen LogP contribution in [0.15, 0.2) is 18.3 Å². The lowest BCUT2D eigenvalue weighted by Gasteiger charge is -2.33. The first-order valence-corrected chi connectivity index (χ1v) is 8.65. The molecule has 6 nitrogen and oxygen atoms in total. The fourth-order valence-electron chi connectivity index (χ4n) is 2.59. The number of hydrogen-bond donors (Lipinski definition) is 1. The number of likely N-dealkylation sites (tertiary alicyclic amines) is 1. The number of rotatable bonds is 5. The predicted octanol–water partition coefficient (Wildman–Crippen LogP) is 2.25. The van der Waals surface area contributed by atoms with Crippen molar-refractivity contribution in [3.63, 3.8) is 0 Å². The van der Waals surface area contributed by atoms with Crippen molar-refractivity contribution in [1.29, 1.82) is 0 Å². The largest absolute Gasteiger partial charge is 0.341 e. The third-order valence-corrected chi connectivity index (χ3v) is 4.61. The molecule has 1 aromatic heterocycles. The van der Waals surface area contributed by atoms with E-state index in [1.165, 1.54) is 6.20 Å². The van der Waals surface area contributed by atoms with Gasteiger partial charge in [-0.15, -0.1) is 0 Å². The van der Waals surface area contributed by atoms with Gasteiger partial charge in [-0.05, 0) is 45.9 Å². The molecule has 1 atom stereocenters. The number of nitrogens with zero attached hydrogens (tertiary/aromatic N) is 3. The molecule has 2 rings (SSSR count). The molecule has 0 radical (unpaired) electrons. The second-order valence-electron chi connectivity index (χ2n) is 6.54. The normalized spacial score (nSPS) is 18.1. The maximum atomic E-state index is 12.4. The molecule has 0 saturated carbocycles. The number of halogens is 1. The Morgan fingerprint density at radius 2 is 2.21 bits per heavy atom. The SMILES string of the molecule is CC(C)N(C)CC(=O)N1CCCC(C(=O)Nc2ccc(Cl)cn2)C1. The van der Waals surface area contributed by atoms with Crippen LogP contribution in [-0.2, 0) is 9.59 Å². The number of nitrogens with one attached hydrogen (secondary N) is 1. The molecular weight excluding hydrogens is 328 g/mol. The molecule has 0 bridgehead atoms. The molecule has 1 unspecified atom stereocenters. The fourth-order valence-corrected chi connectivity index (χ4v) is 2.70. The van der Waals surface area contributed by atoms with Crippen molar-refractivity contribution < 1.29 is 9.59 Å². The van der Waals surface area contributed by atoms with E-state index in [2.05, 4.69) is 24.1 Å². The highest BCUT2D eigenvalue weighted by atomic mass is 35.5. The zero-order valence-electron chi connectivity index (χ0n) is 14.5. The number of carbonyl (C=O) groups is 2. The highest BCUT2D eigenvalue weighted by Gasteiger charge is 2.29. The molecule has 0 aromatic carbocycles. The molecule has 2 heterocycles. The van der Waals surface area contributed by atoms with Crippen molar-refractivity contribution in [2.45, 2.75) is 32.7 Å². The average molecular weight is 353 g/mol. The van der Waals surface area contributed by atoms with Crippen molar-refractivity contribution >= 4 is 29.2 Å². The number of pyridine rings is 1. The van der Waals surface area contributed by atoms with E-state index < -0.39 is 0 Å². The lowest BCUT2D eigenvalue weighted by atomic mass is 9.97. The van der Waals surface area contributed by atoms with E-state index in [1.807, 2.05) is 11.9 Å². The molecule has 0 aliphatic carbocycles. The molecule has 0 spiro atoms. The van der Waals surface area contributed by atoms with E-state index in [1.54, 1.807) is 17.0 Å². The van der Waals surface area contributed by atoms with Crippen molar-refractivity contribution in [2.24, 2.45) is 5.92 Å². The van der Waals surface area contributed by atoms with Crippen LogP contribution in [0, 0.1) is 5.92 Å². The zero-order chi connectivity index (χ0) is 17.7. The van der Waals surface area contributed by atoms with Crippen LogP contribution >= 0.6 is 11.6 Å². The van der Waals surface area contributed by atoms with Crippen LogP contribution in [-0.4, -0.2) is 59.3 Å². The number of amides is 2. The van der Waals surface area contributed by atoms with Crippen LogP contribution in [0.3, 0.4) is 0 Å². The summed E-state index contributed by atoms with van der Waals surface area (Å²) in [4.78, 5) is 32.7. The second-order valence-corrected chi connectivity index (χ2v) is 6.98. The van der Waals surface area contributed by atoms with Gasteiger partial charge in [0.25, 0.3) is 0 Å². The minimum Gasteiger partial charge on any atom is -0.341 e. The summed E-state index contributed by atoms with van der Waals surface area (Å²) in [6.45, 7) is 5.67. The Balaban J connectivity index is 1.90. The monoisotopic (exact) mass is 352 g/mol. The van der Waals surface area contributed by atoms with Crippen LogP contribution in [0.4, 0.5) is 5.82 Å². The first-order chi connectivity index (χ1) is 11.4. The van der Waals surface area contributed by atoms with Gasteiger partial charge in [0.05, 0.1) is 17.5 Å². The summed E-state index contributed by atoms with van der Waals surface area (Å²) in [6.07, 6.45) is 3.11. The van der Waals surface area contributed by atoms with Gasteiger partial charge >= 0.3 is 0 Å². The van der Waals surface area contributed by atoms with Crippen LogP contribution in [0.2, 0.25) is 5.02 Å². The summed E-state index contributed by atoms with van der Waals surface area (Å²) in [5, 5.41) is 3.32. The summed E-state index contributed by atoms with van der Waals surface area (Å²) >= 11 is 5.79. The van der Waals surface area contributed by atoms with Crippen molar-refractivity contribution in [1.82, 2.24) is 14.8 Å². The second kappa shape index (κ2) is 8.44. The molecule has 1 saturated heterocycles. The van der Waals surface area contributed by atoms with E-state index >= 15 is 0 Å². The lowest BCUT2D eigenvalue weighted by molar-refractivity contribution is -0.135. The first kappa shape index (κ1) is 18.7. The average Bonchev–Trinajstić information content (AvgIpc) is 2.56. The van der Waals surface area contributed by atoms with Crippen LogP contribution in [0.1, 0.15) is 26.7 Å². The molecule has 1 aliphatic rings. The summed E-state index contributed by atoms with van der Waals surface area (Å²) in [5.74, 6) is 0.254. The zero-order valence-corrected chi connectivity index (χ0v) is 15.2. The predicted molar refractivity (Wildman–Crippen MR) is 94.9 cm³/mol. The molecule has 2 amide bonds. The number of piperidine rings is 1. The summed E-state index contributed by atoms with van der Waals surface area (Å²) in [6, 6.07) is 3.67. The van der Waals surface area contributed by atoms with Gasteiger partial charge in [-0.3, -0.25) is 14.5 Å². The highest BCUT2D eigenvalue weighted by Crippen LogP contribution is 2.19. The molecule has 132 valence electrons. The maximum Gasteiger partial charge on any atom is 0.236 e. The van der Waals surface area contributed by atoms with E-state index in [-0.39, 0.29) is 17.7 Å². The summed E-state index contributed by atoms with van der Waals surface area (Å²) in [5.41, 5.74) is 0. The number of carbonyl (C=O) groups excluding carboxylic acids is 2. The van der Waals surface area contributed by atoms with E-state index in [4.69, 9.17) is 11.6 Å². The van der Waals surface area contributed by atoms with E-state index in [0.29, 0.717) is 36.5 Å². The third-order valence-electron chi connectivity index (χ3n) is 4.39. The Bertz CT molecular complexity index is 576. The van der Waals surface area contributed by atoms with Crippen LogP contribution in [0.25, 0.3) is 0 Å². The van der Waals surface area contributed by atoms with E-state index in [9.17, 15) is 9.59 Å². The van der Waals surface area contributed by atoms with Gasteiger partial charge in [-0.2, -0.15) is 0 Å². The minimum atomic E-state index is -0.204. The smallest absolute Gasteiger partial charge is 0.236 e. The molecular formula is C17H25ClN4O2. The lowest BCUT2D eigenvalue weighted by Crippen LogP contribution is -2.47. The van der Waals surface area contributed by atoms with Crippen LogP contribution in [0.5, 0.6) is 0 Å². The number of likely N-dealkylation sites (N-methyl/N-ethyl adjacent to an activating group) is 1. The minimum absolute atomic E-state index is 0.0771. The summed E-state index contributed by atoms with van der Waals surface area (Å²) < 4.78 is 0. The Morgan fingerprint density at radius 3 is 2.83 bits per heavy atom. The van der Waals surface area contributed by atoms with Gasteiger partial charge in [-0.25, -0.2) is 4.98 Å². The third kappa shape index (κ3) is 5.18. The Hall–Kier alpha value is -1.66. The molecule has 24 heavy (non-hydrogen) atoms. The molecule has 7 heteroatoms. The Kier molecular flexibility index (Phi) is 6.57. The summed E-state index contributed by atoms with van der Waals surface area (Å²) in [7, 11) is 1.93. The van der Waals surface area contributed by atoms with Gasteiger partial charge in [0.15, 0.2) is 0 Å². The number of aromatic nitrogens is 1. The van der Waals surface area contributed by atoms with Crippen LogP contribution < -0.4 is 5.32 Å². The quantitative estimate of drug-likeness (QED) is 0.882.